The Bertz CT molecular complexity index is 404. The molecule has 2 nitrogen and oxygen atoms in total. The zero-order valence-corrected chi connectivity index (χ0v) is 9.46. The quantitative estimate of drug-likeness (QED) is 0.794. The van der Waals surface area contributed by atoms with Crippen molar-refractivity contribution < 1.29 is 14.2 Å². The molecule has 0 saturated carbocycles. The average molecular weight is 222 g/mol. The van der Waals surface area contributed by atoms with E-state index in [-0.39, 0.29) is 0 Å². The van der Waals surface area contributed by atoms with Crippen molar-refractivity contribution in [3.8, 4) is 17.6 Å². The third kappa shape index (κ3) is 3.25. The summed E-state index contributed by atoms with van der Waals surface area (Å²) in [5, 5.41) is 9.74. The van der Waals surface area contributed by atoms with Gasteiger partial charge in [0, 0.05) is 18.1 Å². The van der Waals surface area contributed by atoms with Crippen LogP contribution in [0.3, 0.4) is 0 Å². The minimum Gasteiger partial charge on any atom is -0.497 e. The Kier molecular flexibility index (Phi) is 4.81. The molecule has 0 fully saturated rings. The van der Waals surface area contributed by atoms with Crippen molar-refractivity contribution in [3.05, 3.63) is 29.6 Å². The van der Waals surface area contributed by atoms with Gasteiger partial charge in [-0.3, -0.25) is 0 Å². The summed E-state index contributed by atoms with van der Waals surface area (Å²) in [5.41, 5.74) is 0.290. The molecule has 1 aromatic rings. The number of halogens is 1. The first-order valence-corrected chi connectivity index (χ1v) is 5.10. The van der Waals surface area contributed by atoms with Crippen LogP contribution < -0.4 is 4.74 Å². The zero-order valence-electron chi connectivity index (χ0n) is 9.46. The molecule has 1 rings (SSSR count). The third-order valence-corrected chi connectivity index (χ3v) is 2.29. The molecular formula is C13H15FO2. The highest BCUT2D eigenvalue weighted by Crippen LogP contribution is 2.24. The van der Waals surface area contributed by atoms with E-state index in [4.69, 9.17) is 4.74 Å². The molecule has 0 amide bonds. The van der Waals surface area contributed by atoms with Gasteiger partial charge in [-0.15, -0.1) is 11.8 Å². The summed E-state index contributed by atoms with van der Waals surface area (Å²) in [5.74, 6) is 5.56. The van der Waals surface area contributed by atoms with Gasteiger partial charge in [0.2, 0.25) is 0 Å². The summed E-state index contributed by atoms with van der Waals surface area (Å²) >= 11 is 0. The van der Waals surface area contributed by atoms with Crippen LogP contribution in [-0.4, -0.2) is 12.2 Å². The van der Waals surface area contributed by atoms with Crippen molar-refractivity contribution in [1.82, 2.24) is 0 Å². The third-order valence-electron chi connectivity index (χ3n) is 2.29. The number of benzene rings is 1. The number of rotatable bonds is 4. The van der Waals surface area contributed by atoms with Crippen LogP contribution in [0.4, 0.5) is 4.39 Å². The van der Waals surface area contributed by atoms with Gasteiger partial charge in [0.05, 0.1) is 13.2 Å². The van der Waals surface area contributed by atoms with Gasteiger partial charge >= 0.3 is 0 Å². The van der Waals surface area contributed by atoms with Crippen molar-refractivity contribution >= 4 is 0 Å². The van der Waals surface area contributed by atoms with E-state index in [1.165, 1.54) is 19.2 Å². The van der Waals surface area contributed by atoms with Gasteiger partial charge in [-0.2, -0.15) is 0 Å². The monoisotopic (exact) mass is 222 g/mol. The second kappa shape index (κ2) is 6.14. The fraction of sp³-hybridized carbons (Fsp3) is 0.385. The molecule has 0 spiro atoms. The summed E-state index contributed by atoms with van der Waals surface area (Å²) < 4.78 is 18.4. The van der Waals surface area contributed by atoms with Gasteiger partial charge in [-0.1, -0.05) is 0 Å². The maximum atomic E-state index is 13.5. The van der Waals surface area contributed by atoms with Crippen LogP contribution in [0.1, 0.15) is 31.4 Å². The number of aliphatic hydroxyl groups is 1. The molecule has 1 aromatic carbocycles. The number of hydrogen-bond donors (Lipinski definition) is 1. The summed E-state index contributed by atoms with van der Waals surface area (Å²) in [7, 11) is 1.47. The second-order valence-corrected chi connectivity index (χ2v) is 3.37. The molecule has 1 N–H and O–H groups in total. The molecule has 16 heavy (non-hydrogen) atoms. The highest BCUT2D eigenvalue weighted by Gasteiger charge is 2.12. The Morgan fingerprint density at radius 2 is 2.25 bits per heavy atom. The fourth-order valence-corrected chi connectivity index (χ4v) is 1.39. The molecule has 0 saturated heterocycles. The first-order valence-electron chi connectivity index (χ1n) is 5.10. The van der Waals surface area contributed by atoms with Gasteiger partial charge in [0.15, 0.2) is 0 Å². The van der Waals surface area contributed by atoms with E-state index in [0.29, 0.717) is 24.2 Å². The zero-order chi connectivity index (χ0) is 12.0. The molecule has 0 aliphatic rings. The topological polar surface area (TPSA) is 29.5 Å². The Balaban J connectivity index is 2.74. The molecule has 0 bridgehead atoms. The Hall–Kier alpha value is -1.53. The highest BCUT2D eigenvalue weighted by atomic mass is 19.1. The van der Waals surface area contributed by atoms with Crippen LogP contribution in [-0.2, 0) is 0 Å². The van der Waals surface area contributed by atoms with Crippen LogP contribution in [0, 0.1) is 17.7 Å². The largest absolute Gasteiger partial charge is 0.497 e. The van der Waals surface area contributed by atoms with Gasteiger partial charge < -0.3 is 9.84 Å². The van der Waals surface area contributed by atoms with Gasteiger partial charge in [0.25, 0.3) is 0 Å². The van der Waals surface area contributed by atoms with Gasteiger partial charge in [-0.25, -0.2) is 4.39 Å². The SMILES string of the molecule is CC#CCCC(O)c1ccc(OC)cc1F. The van der Waals surface area contributed by atoms with E-state index in [2.05, 4.69) is 11.8 Å². The van der Waals surface area contributed by atoms with Crippen LogP contribution in [0.25, 0.3) is 0 Å². The molecule has 0 heterocycles. The lowest BCUT2D eigenvalue weighted by Crippen LogP contribution is -2.00. The molecule has 86 valence electrons. The maximum Gasteiger partial charge on any atom is 0.132 e. The number of aliphatic hydroxyl groups excluding tert-OH is 1. The second-order valence-electron chi connectivity index (χ2n) is 3.37. The summed E-state index contributed by atoms with van der Waals surface area (Å²) in [6.45, 7) is 1.74. The minimum atomic E-state index is -0.813. The van der Waals surface area contributed by atoms with Gasteiger partial charge in [0.1, 0.15) is 11.6 Å². The van der Waals surface area contributed by atoms with E-state index in [0.717, 1.165) is 0 Å². The van der Waals surface area contributed by atoms with E-state index < -0.39 is 11.9 Å². The molecule has 1 unspecified atom stereocenters. The van der Waals surface area contributed by atoms with Crippen LogP contribution in [0.2, 0.25) is 0 Å². The standard InChI is InChI=1S/C13H15FO2/c1-3-4-5-6-13(15)11-8-7-10(16-2)9-12(11)14/h7-9,13,15H,5-6H2,1-2H3. The smallest absolute Gasteiger partial charge is 0.132 e. The molecule has 1 atom stereocenters. The lowest BCUT2D eigenvalue weighted by Gasteiger charge is -2.11. The van der Waals surface area contributed by atoms with Gasteiger partial charge in [-0.05, 0) is 25.5 Å². The van der Waals surface area contributed by atoms with Crippen LogP contribution in [0.15, 0.2) is 18.2 Å². The van der Waals surface area contributed by atoms with Crippen LogP contribution >= 0.6 is 0 Å². The molecular weight excluding hydrogens is 207 g/mol. The summed E-state index contributed by atoms with van der Waals surface area (Å²) in [6, 6.07) is 4.44. The van der Waals surface area contributed by atoms with Crippen LogP contribution in [0.5, 0.6) is 5.75 Å². The lowest BCUT2D eigenvalue weighted by atomic mass is 10.0. The number of ether oxygens (including phenoxy) is 1. The van der Waals surface area contributed by atoms with E-state index in [1.54, 1.807) is 13.0 Å². The number of hydrogen-bond acceptors (Lipinski definition) is 2. The Morgan fingerprint density at radius 3 is 2.81 bits per heavy atom. The van der Waals surface area contributed by atoms with Crippen molar-refractivity contribution in [1.29, 1.82) is 0 Å². The minimum absolute atomic E-state index is 0.290. The Morgan fingerprint density at radius 1 is 1.50 bits per heavy atom. The summed E-state index contributed by atoms with van der Waals surface area (Å²) in [6.07, 6.45) is 0.180. The highest BCUT2D eigenvalue weighted by molar-refractivity contribution is 5.30. The van der Waals surface area contributed by atoms with Crippen molar-refractivity contribution in [2.24, 2.45) is 0 Å². The van der Waals surface area contributed by atoms with E-state index in [9.17, 15) is 9.50 Å². The predicted octanol–water partition coefficient (Wildman–Crippen LogP) is 2.67. The first-order chi connectivity index (χ1) is 7.69. The fourth-order valence-electron chi connectivity index (χ4n) is 1.39. The molecule has 3 heteroatoms. The first kappa shape index (κ1) is 12.5. The molecule has 0 radical (unpaired) electrons. The molecule has 0 aromatic heterocycles. The predicted molar refractivity (Wildman–Crippen MR) is 60.6 cm³/mol. The molecule has 0 aliphatic heterocycles. The van der Waals surface area contributed by atoms with E-state index >= 15 is 0 Å². The Labute approximate surface area is 95.1 Å². The lowest BCUT2D eigenvalue weighted by molar-refractivity contribution is 0.164. The maximum absolute atomic E-state index is 13.5. The van der Waals surface area contributed by atoms with Crippen molar-refractivity contribution in [3.63, 3.8) is 0 Å². The normalized spacial score (nSPS) is 11.5. The molecule has 0 aliphatic carbocycles. The number of methoxy groups -OCH3 is 1. The van der Waals surface area contributed by atoms with Crippen molar-refractivity contribution in [2.45, 2.75) is 25.9 Å². The average Bonchev–Trinajstić information content (AvgIpc) is 2.29. The summed E-state index contributed by atoms with van der Waals surface area (Å²) in [4.78, 5) is 0. The van der Waals surface area contributed by atoms with Crippen molar-refractivity contribution in [2.75, 3.05) is 7.11 Å². The van der Waals surface area contributed by atoms with E-state index in [1.807, 2.05) is 0 Å².